The maximum Gasteiger partial charge on any atom is 0.320 e. The van der Waals surface area contributed by atoms with E-state index in [0.29, 0.717) is 12.8 Å². The zero-order valence-electron chi connectivity index (χ0n) is 10.1. The van der Waals surface area contributed by atoms with Crippen molar-refractivity contribution in [3.8, 4) is 0 Å². The summed E-state index contributed by atoms with van der Waals surface area (Å²) in [4.78, 5) is 25.5. The molecule has 2 bridgehead atoms. The van der Waals surface area contributed by atoms with Crippen LogP contribution in [-0.2, 0) is 4.79 Å². The van der Waals surface area contributed by atoms with Crippen molar-refractivity contribution in [1.82, 2.24) is 9.80 Å². The molecule has 7 heteroatoms. The summed E-state index contributed by atoms with van der Waals surface area (Å²) >= 11 is 0. The zero-order valence-corrected chi connectivity index (χ0v) is 10.1. The largest absolute Gasteiger partial charge is 0.481 e. The smallest absolute Gasteiger partial charge is 0.320 e. The molecule has 3 unspecified atom stereocenters. The van der Waals surface area contributed by atoms with Gasteiger partial charge in [0.15, 0.2) is 0 Å². The van der Waals surface area contributed by atoms with Crippen molar-refractivity contribution in [2.45, 2.75) is 37.8 Å². The Bertz CT molecular complexity index is 364. The van der Waals surface area contributed by atoms with Crippen LogP contribution in [0, 0.1) is 5.92 Å². The van der Waals surface area contributed by atoms with E-state index in [4.69, 9.17) is 5.11 Å². The van der Waals surface area contributed by atoms with Crippen LogP contribution < -0.4 is 0 Å². The number of urea groups is 1. The molecule has 0 saturated carbocycles. The minimum atomic E-state index is -2.57. The fraction of sp³-hybridized carbons (Fsp3) is 0.818. The number of hydrogen-bond donors (Lipinski definition) is 1. The summed E-state index contributed by atoms with van der Waals surface area (Å²) in [5.74, 6) is -1.45. The number of nitrogens with zero attached hydrogens (tertiary/aromatic N) is 2. The topological polar surface area (TPSA) is 60.9 Å². The summed E-state index contributed by atoms with van der Waals surface area (Å²) in [6.45, 7) is -0.619. The molecule has 2 rings (SSSR count). The van der Waals surface area contributed by atoms with Crippen LogP contribution >= 0.6 is 0 Å². The first kappa shape index (κ1) is 13.0. The third-order valence-electron chi connectivity index (χ3n) is 3.81. The molecule has 0 aromatic heterocycles. The molecule has 0 aliphatic carbocycles. The number of carboxylic acids is 1. The van der Waals surface area contributed by atoms with Crippen LogP contribution in [0.15, 0.2) is 0 Å². The molecule has 2 saturated heterocycles. The number of fused-ring (bicyclic) bond motifs is 2. The number of carbonyl (C=O) groups excluding carboxylic acids is 1. The van der Waals surface area contributed by atoms with Crippen molar-refractivity contribution in [2.24, 2.45) is 5.92 Å². The number of rotatable bonds is 3. The van der Waals surface area contributed by atoms with E-state index in [-0.39, 0.29) is 12.1 Å². The second kappa shape index (κ2) is 4.70. The first-order chi connectivity index (χ1) is 8.41. The molecule has 0 spiro atoms. The van der Waals surface area contributed by atoms with Gasteiger partial charge in [-0.3, -0.25) is 4.79 Å². The quantitative estimate of drug-likeness (QED) is 0.832. The SMILES string of the molecule is CN(CC(F)F)C(=O)N1C2CCC1C(C(=O)O)C2. The Balaban J connectivity index is 2.06. The van der Waals surface area contributed by atoms with Crippen molar-refractivity contribution in [2.75, 3.05) is 13.6 Å². The van der Waals surface area contributed by atoms with Crippen LogP contribution in [0.1, 0.15) is 19.3 Å². The van der Waals surface area contributed by atoms with Gasteiger partial charge in [0.05, 0.1) is 12.5 Å². The maximum absolute atomic E-state index is 12.2. The van der Waals surface area contributed by atoms with E-state index in [1.54, 1.807) is 0 Å². The Morgan fingerprint density at radius 1 is 1.44 bits per heavy atom. The second-order valence-corrected chi connectivity index (χ2v) is 4.94. The van der Waals surface area contributed by atoms with Crippen molar-refractivity contribution in [3.63, 3.8) is 0 Å². The van der Waals surface area contributed by atoms with E-state index in [0.717, 1.165) is 11.3 Å². The molecule has 2 aliphatic heterocycles. The van der Waals surface area contributed by atoms with E-state index in [9.17, 15) is 18.4 Å². The van der Waals surface area contributed by atoms with Crippen molar-refractivity contribution in [3.05, 3.63) is 0 Å². The third kappa shape index (κ3) is 2.13. The Hall–Kier alpha value is -1.40. The number of hydrogen-bond acceptors (Lipinski definition) is 2. The standard InChI is InChI=1S/C11H16F2N2O3/c1-14(5-9(12)13)11(18)15-6-2-3-8(15)7(4-6)10(16)17/h6-9H,2-5H2,1H3,(H,16,17). The Labute approximate surface area is 103 Å². The van der Waals surface area contributed by atoms with E-state index < -0.39 is 30.9 Å². The highest BCUT2D eigenvalue weighted by atomic mass is 19.3. The molecule has 2 fully saturated rings. The van der Waals surface area contributed by atoms with Crippen LogP contribution in [0.3, 0.4) is 0 Å². The molecule has 3 atom stereocenters. The van der Waals surface area contributed by atoms with Gasteiger partial charge in [-0.15, -0.1) is 0 Å². The van der Waals surface area contributed by atoms with Gasteiger partial charge >= 0.3 is 12.0 Å². The Morgan fingerprint density at radius 3 is 2.61 bits per heavy atom. The molecule has 5 nitrogen and oxygen atoms in total. The summed E-state index contributed by atoms with van der Waals surface area (Å²) in [6, 6.07) is -0.921. The predicted octanol–water partition coefficient (Wildman–Crippen LogP) is 1.24. The minimum Gasteiger partial charge on any atom is -0.481 e. The molecule has 2 heterocycles. The molecule has 0 radical (unpaired) electrons. The lowest BCUT2D eigenvalue weighted by molar-refractivity contribution is -0.142. The average Bonchev–Trinajstić information content (AvgIpc) is 2.83. The number of carboxylic acid groups (broad SMARTS) is 1. The summed E-state index contributed by atoms with van der Waals surface area (Å²) < 4.78 is 24.5. The summed E-state index contributed by atoms with van der Waals surface area (Å²) in [5.41, 5.74) is 0. The molecule has 1 N–H and O–H groups in total. The predicted molar refractivity (Wildman–Crippen MR) is 58.4 cm³/mol. The van der Waals surface area contributed by atoms with Crippen LogP contribution in [0.5, 0.6) is 0 Å². The highest BCUT2D eigenvalue weighted by Crippen LogP contribution is 2.42. The van der Waals surface area contributed by atoms with Gasteiger partial charge in [-0.2, -0.15) is 0 Å². The molecular formula is C11H16F2N2O3. The van der Waals surface area contributed by atoms with Gasteiger partial charge < -0.3 is 14.9 Å². The summed E-state index contributed by atoms with van der Waals surface area (Å²) in [6.07, 6.45) is -0.721. The van der Waals surface area contributed by atoms with Crippen molar-refractivity contribution in [1.29, 1.82) is 0 Å². The minimum absolute atomic E-state index is 0.108. The first-order valence-electron chi connectivity index (χ1n) is 5.96. The number of halogens is 2. The van der Waals surface area contributed by atoms with Gasteiger partial charge in [-0.05, 0) is 19.3 Å². The van der Waals surface area contributed by atoms with Crippen LogP contribution in [-0.4, -0.2) is 59.0 Å². The second-order valence-electron chi connectivity index (χ2n) is 4.94. The van der Waals surface area contributed by atoms with Gasteiger partial charge in [-0.1, -0.05) is 0 Å². The Morgan fingerprint density at radius 2 is 2.11 bits per heavy atom. The normalized spacial score (nSPS) is 30.0. The van der Waals surface area contributed by atoms with Crippen LogP contribution in [0.25, 0.3) is 0 Å². The highest BCUT2D eigenvalue weighted by Gasteiger charge is 2.52. The van der Waals surface area contributed by atoms with E-state index in [1.807, 2.05) is 0 Å². The number of carbonyl (C=O) groups is 2. The first-order valence-corrected chi connectivity index (χ1v) is 5.96. The monoisotopic (exact) mass is 262 g/mol. The molecule has 2 amide bonds. The van der Waals surface area contributed by atoms with Gasteiger partial charge in [0, 0.05) is 19.1 Å². The number of alkyl halides is 2. The van der Waals surface area contributed by atoms with Crippen molar-refractivity contribution < 1.29 is 23.5 Å². The molecule has 0 aromatic rings. The highest BCUT2D eigenvalue weighted by molar-refractivity contribution is 5.79. The van der Waals surface area contributed by atoms with Gasteiger partial charge in [-0.25, -0.2) is 13.6 Å². The summed E-state index contributed by atoms with van der Waals surface area (Å²) in [7, 11) is 1.32. The lowest BCUT2D eigenvalue weighted by atomic mass is 9.89. The molecule has 18 heavy (non-hydrogen) atoms. The average molecular weight is 262 g/mol. The maximum atomic E-state index is 12.2. The zero-order chi connectivity index (χ0) is 13.4. The lowest BCUT2D eigenvalue weighted by Gasteiger charge is -2.28. The molecule has 0 aromatic carbocycles. The number of aliphatic carboxylic acids is 1. The van der Waals surface area contributed by atoms with E-state index >= 15 is 0 Å². The van der Waals surface area contributed by atoms with Crippen LogP contribution in [0.4, 0.5) is 13.6 Å². The van der Waals surface area contributed by atoms with E-state index in [1.165, 1.54) is 11.9 Å². The third-order valence-corrected chi connectivity index (χ3v) is 3.81. The van der Waals surface area contributed by atoms with Crippen LogP contribution in [0.2, 0.25) is 0 Å². The number of amides is 2. The van der Waals surface area contributed by atoms with Gasteiger partial charge in [0.25, 0.3) is 6.43 Å². The molecule has 2 aliphatic rings. The molecule has 102 valence electrons. The summed E-state index contributed by atoms with van der Waals surface area (Å²) in [5, 5.41) is 9.05. The molecular weight excluding hydrogens is 246 g/mol. The van der Waals surface area contributed by atoms with E-state index in [2.05, 4.69) is 0 Å². The fourth-order valence-corrected chi connectivity index (χ4v) is 3.03. The lowest BCUT2D eigenvalue weighted by Crippen LogP contribution is -2.46. The Kier molecular flexibility index (Phi) is 3.41. The van der Waals surface area contributed by atoms with Crippen molar-refractivity contribution >= 4 is 12.0 Å². The van der Waals surface area contributed by atoms with Gasteiger partial charge in [0.1, 0.15) is 0 Å². The fourth-order valence-electron chi connectivity index (χ4n) is 3.03. The van der Waals surface area contributed by atoms with Gasteiger partial charge in [0.2, 0.25) is 0 Å².